The van der Waals surface area contributed by atoms with E-state index in [0.717, 1.165) is 5.56 Å². The number of hydrogen-bond acceptors (Lipinski definition) is 4. The van der Waals surface area contributed by atoms with Crippen molar-refractivity contribution in [2.45, 2.75) is 23.4 Å². The molecule has 0 saturated heterocycles. The Balaban J connectivity index is 1.97. The molecule has 8 heteroatoms. The predicted molar refractivity (Wildman–Crippen MR) is 86.7 cm³/mol. The highest BCUT2D eigenvalue weighted by Gasteiger charge is 2.19. The van der Waals surface area contributed by atoms with E-state index in [-0.39, 0.29) is 16.5 Å². The van der Waals surface area contributed by atoms with Crippen molar-refractivity contribution < 1.29 is 18.3 Å². The molecule has 0 fully saturated rings. The Kier molecular flexibility index (Phi) is 3.98. The highest BCUT2D eigenvalue weighted by Crippen LogP contribution is 2.21. The average Bonchev–Trinajstić information content (AvgIpc) is 2.95. The van der Waals surface area contributed by atoms with Gasteiger partial charge < -0.3 is 14.8 Å². The molecule has 0 saturated carbocycles. The fourth-order valence-electron chi connectivity index (χ4n) is 2.31. The lowest BCUT2D eigenvalue weighted by Crippen LogP contribution is -2.19. The molecule has 0 atom stereocenters. The summed E-state index contributed by atoms with van der Waals surface area (Å²) in [6.45, 7) is 2.02. The maximum Gasteiger partial charge on any atom is 0.404 e. The van der Waals surface area contributed by atoms with Crippen molar-refractivity contribution in [3.63, 3.8) is 0 Å². The Labute approximate surface area is 138 Å². The molecule has 1 amide bonds. The molecule has 24 heavy (non-hydrogen) atoms. The monoisotopic (exact) mass is 345 g/mol. The molecule has 0 bridgehead atoms. The van der Waals surface area contributed by atoms with Crippen LogP contribution in [0.25, 0.3) is 5.52 Å². The molecule has 0 unspecified atom stereocenters. The molecule has 0 aliphatic heterocycles. The second-order valence-corrected chi connectivity index (χ2v) is 7.28. The van der Waals surface area contributed by atoms with Gasteiger partial charge in [0.15, 0.2) is 5.03 Å². The third kappa shape index (κ3) is 3.09. The van der Waals surface area contributed by atoms with Crippen LogP contribution in [0.15, 0.2) is 58.8 Å². The molecule has 2 N–H and O–H groups in total. The Morgan fingerprint density at radius 1 is 1.25 bits per heavy atom. The first-order valence-electron chi connectivity index (χ1n) is 7.11. The van der Waals surface area contributed by atoms with Crippen molar-refractivity contribution in [2.24, 2.45) is 0 Å². The van der Waals surface area contributed by atoms with Gasteiger partial charge in [-0.3, -0.25) is 0 Å². The maximum absolute atomic E-state index is 12.6. The summed E-state index contributed by atoms with van der Waals surface area (Å²) >= 11 is 0. The number of aryl methyl sites for hydroxylation is 1. The summed E-state index contributed by atoms with van der Waals surface area (Å²) in [6.07, 6.45) is 1.98. The number of nitrogens with one attached hydrogen (secondary N) is 1. The molecule has 3 aromatic rings. The van der Waals surface area contributed by atoms with Crippen LogP contribution in [-0.2, 0) is 16.4 Å². The fourth-order valence-corrected chi connectivity index (χ4v) is 3.51. The number of rotatable bonds is 4. The van der Waals surface area contributed by atoms with Crippen molar-refractivity contribution in [1.29, 1.82) is 0 Å². The van der Waals surface area contributed by atoms with Gasteiger partial charge in [-0.2, -0.15) is 0 Å². The van der Waals surface area contributed by atoms with Gasteiger partial charge in [0.25, 0.3) is 0 Å². The molecule has 3 rings (SSSR count). The average molecular weight is 345 g/mol. The van der Waals surface area contributed by atoms with Gasteiger partial charge in [-0.1, -0.05) is 17.7 Å². The molecule has 1 aromatic carbocycles. The Hall–Kier alpha value is -2.87. The Morgan fingerprint density at radius 3 is 2.62 bits per heavy atom. The van der Waals surface area contributed by atoms with Gasteiger partial charge in [0.05, 0.1) is 4.90 Å². The number of nitrogens with zero attached hydrogens (tertiary/aromatic N) is 2. The number of carboxylic acid groups (broad SMARTS) is 1. The fraction of sp³-hybridized carbons (Fsp3) is 0.125. The van der Waals surface area contributed by atoms with Crippen LogP contribution in [-0.4, -0.2) is 29.0 Å². The van der Waals surface area contributed by atoms with Gasteiger partial charge in [-0.15, -0.1) is 0 Å². The number of aromatic nitrogens is 2. The number of sulfone groups is 1. The van der Waals surface area contributed by atoms with Crippen molar-refractivity contribution in [3.05, 3.63) is 60.0 Å². The second kappa shape index (κ2) is 5.97. The second-order valence-electron chi connectivity index (χ2n) is 5.38. The van der Waals surface area contributed by atoms with Gasteiger partial charge in [-0.25, -0.2) is 18.2 Å². The van der Waals surface area contributed by atoms with E-state index in [2.05, 4.69) is 10.3 Å². The predicted octanol–water partition coefficient (Wildman–Crippen LogP) is 2.24. The smallest absolute Gasteiger partial charge is 0.404 e. The van der Waals surface area contributed by atoms with Crippen molar-refractivity contribution in [2.75, 3.05) is 0 Å². The zero-order valence-corrected chi connectivity index (χ0v) is 13.6. The van der Waals surface area contributed by atoms with Gasteiger partial charge >= 0.3 is 6.09 Å². The van der Waals surface area contributed by atoms with E-state index in [9.17, 15) is 13.2 Å². The van der Waals surface area contributed by atoms with E-state index in [1.165, 1.54) is 12.4 Å². The van der Waals surface area contributed by atoms with Crippen molar-refractivity contribution in [3.8, 4) is 0 Å². The van der Waals surface area contributed by atoms with E-state index in [1.807, 2.05) is 6.92 Å². The van der Waals surface area contributed by atoms with E-state index in [4.69, 9.17) is 5.11 Å². The number of fused-ring (bicyclic) bond motifs is 1. The molecule has 2 heterocycles. The van der Waals surface area contributed by atoms with Crippen molar-refractivity contribution in [1.82, 2.24) is 14.7 Å². The summed E-state index contributed by atoms with van der Waals surface area (Å²) in [4.78, 5) is 14.8. The minimum Gasteiger partial charge on any atom is -0.465 e. The first-order chi connectivity index (χ1) is 11.4. The number of carbonyl (C=O) groups is 1. The minimum absolute atomic E-state index is 0.0466. The van der Waals surface area contributed by atoms with Gasteiger partial charge in [0.1, 0.15) is 6.33 Å². The highest BCUT2D eigenvalue weighted by molar-refractivity contribution is 7.91. The lowest BCUT2D eigenvalue weighted by molar-refractivity contribution is 0.194. The topological polar surface area (TPSA) is 101 Å². The Morgan fingerprint density at radius 2 is 1.96 bits per heavy atom. The summed E-state index contributed by atoms with van der Waals surface area (Å²) in [5, 5.41) is 10.9. The molecule has 0 radical (unpaired) electrons. The van der Waals surface area contributed by atoms with Crippen molar-refractivity contribution >= 4 is 21.4 Å². The molecule has 124 valence electrons. The molecule has 7 nitrogen and oxygen atoms in total. The van der Waals surface area contributed by atoms with Crippen LogP contribution in [0.3, 0.4) is 0 Å². The molecule has 0 spiro atoms. The number of amides is 1. The van der Waals surface area contributed by atoms with Crippen LogP contribution < -0.4 is 5.32 Å². The van der Waals surface area contributed by atoms with Crippen LogP contribution in [0.1, 0.15) is 11.1 Å². The van der Waals surface area contributed by atoms with Gasteiger partial charge in [0.2, 0.25) is 9.84 Å². The summed E-state index contributed by atoms with van der Waals surface area (Å²) in [7, 11) is -3.70. The minimum atomic E-state index is -3.70. The zero-order chi connectivity index (χ0) is 17.3. The summed E-state index contributed by atoms with van der Waals surface area (Å²) in [6, 6.07) is 9.76. The Bertz CT molecular complexity index is 1010. The summed E-state index contributed by atoms with van der Waals surface area (Å²) in [5.41, 5.74) is 2.31. The standard InChI is InChI=1S/C16H15N3O4S/c1-11-2-4-14(5-3-11)24(22,23)15-7-13-6-12(8-17-16(20)21)9-19(13)10-18-15/h2-7,9-10,17H,8H2,1H3,(H,20,21). The van der Waals surface area contributed by atoms with Gasteiger partial charge in [0, 0.05) is 18.3 Å². The lowest BCUT2D eigenvalue weighted by Gasteiger charge is -2.05. The lowest BCUT2D eigenvalue weighted by atomic mass is 10.2. The van der Waals surface area contributed by atoms with E-state index < -0.39 is 15.9 Å². The quantitative estimate of drug-likeness (QED) is 0.706. The highest BCUT2D eigenvalue weighted by atomic mass is 32.2. The third-order valence-electron chi connectivity index (χ3n) is 3.57. The van der Waals surface area contributed by atoms with E-state index in [1.54, 1.807) is 40.9 Å². The maximum atomic E-state index is 12.6. The normalized spacial score (nSPS) is 11.5. The molecular weight excluding hydrogens is 330 g/mol. The zero-order valence-electron chi connectivity index (χ0n) is 12.8. The largest absolute Gasteiger partial charge is 0.465 e. The van der Waals surface area contributed by atoms with Crippen LogP contribution in [0.4, 0.5) is 4.79 Å². The number of hydrogen-bond donors (Lipinski definition) is 2. The molecule has 0 aliphatic rings. The molecule has 0 aliphatic carbocycles. The first-order valence-corrected chi connectivity index (χ1v) is 8.60. The number of benzene rings is 1. The molecular formula is C16H15N3O4S. The first kappa shape index (κ1) is 16.0. The summed E-state index contributed by atoms with van der Waals surface area (Å²) in [5.74, 6) is 0. The van der Waals surface area contributed by atoms with Crippen LogP contribution in [0.5, 0.6) is 0 Å². The van der Waals surface area contributed by atoms with Crippen LogP contribution in [0.2, 0.25) is 0 Å². The molecule has 2 aromatic heterocycles. The summed E-state index contributed by atoms with van der Waals surface area (Å²) < 4.78 is 26.9. The van der Waals surface area contributed by atoms with E-state index in [0.29, 0.717) is 11.1 Å². The van der Waals surface area contributed by atoms with E-state index >= 15 is 0 Å². The van der Waals surface area contributed by atoms with Gasteiger partial charge in [-0.05, 0) is 36.8 Å². The van der Waals surface area contributed by atoms with Crippen LogP contribution >= 0.6 is 0 Å². The third-order valence-corrected chi connectivity index (χ3v) is 5.23. The SMILES string of the molecule is Cc1ccc(S(=O)(=O)c2cc3cc(CNC(=O)O)cn3cn2)cc1. The van der Waals surface area contributed by atoms with Crippen LogP contribution in [0, 0.1) is 6.92 Å².